The van der Waals surface area contributed by atoms with Crippen molar-refractivity contribution in [2.75, 3.05) is 0 Å². The van der Waals surface area contributed by atoms with Crippen molar-refractivity contribution in [1.29, 1.82) is 0 Å². The molecule has 3 N–H and O–H groups in total. The van der Waals surface area contributed by atoms with Gasteiger partial charge in [0.05, 0.1) is 0 Å². The fourth-order valence-electron chi connectivity index (χ4n) is 6.44. The van der Waals surface area contributed by atoms with Gasteiger partial charge in [0.25, 0.3) is 0 Å². The molecule has 0 spiro atoms. The molecule has 0 aliphatic carbocycles. The maximum atomic E-state index is 10.4. The molecular formula is C45H72LaO3. The van der Waals surface area contributed by atoms with Crippen LogP contribution in [-0.4, -0.2) is 15.3 Å². The first-order chi connectivity index (χ1) is 21.1. The number of aryl methyl sites for hydroxylation is 1. The van der Waals surface area contributed by atoms with Gasteiger partial charge in [0.2, 0.25) is 0 Å². The number of aromatic hydroxyl groups is 3. The van der Waals surface area contributed by atoms with E-state index in [9.17, 15) is 15.3 Å². The standard InChI is InChI=1S/3C15H24O.La/c2*1-10-12(14(2,3)4)8-11(16)9-13(10)15(5,6)7;1-10-8-11(14(2,3)4)13(16)12(9-10)15(5,6)7;/h3*8-9,16H,1-7H3;. The van der Waals surface area contributed by atoms with E-state index in [1.807, 2.05) is 24.3 Å². The fraction of sp³-hybridized carbons (Fsp3) is 0.600. The molecule has 0 bridgehead atoms. The van der Waals surface area contributed by atoms with E-state index < -0.39 is 0 Å². The van der Waals surface area contributed by atoms with Gasteiger partial charge in [0.1, 0.15) is 17.2 Å². The summed E-state index contributed by atoms with van der Waals surface area (Å²) in [5.41, 5.74) is 11.1. The van der Waals surface area contributed by atoms with Crippen molar-refractivity contribution < 1.29 is 50.9 Å². The molecule has 3 aromatic rings. The van der Waals surface area contributed by atoms with Gasteiger partial charge in [-0.3, -0.25) is 0 Å². The molecule has 0 amide bonds. The van der Waals surface area contributed by atoms with E-state index in [4.69, 9.17) is 0 Å². The molecule has 4 heteroatoms. The molecule has 3 nitrogen and oxygen atoms in total. The van der Waals surface area contributed by atoms with E-state index >= 15 is 0 Å². The molecule has 0 heterocycles. The van der Waals surface area contributed by atoms with Crippen LogP contribution in [0.4, 0.5) is 0 Å². The third kappa shape index (κ3) is 13.4. The molecule has 273 valence electrons. The van der Waals surface area contributed by atoms with E-state index in [0.29, 0.717) is 17.2 Å². The van der Waals surface area contributed by atoms with E-state index in [-0.39, 0.29) is 68.1 Å². The normalized spacial score (nSPS) is 12.7. The maximum absolute atomic E-state index is 10.4. The number of rotatable bonds is 0. The molecule has 49 heavy (non-hydrogen) atoms. The smallest absolute Gasteiger partial charge is 0.123 e. The van der Waals surface area contributed by atoms with Gasteiger partial charge in [-0.25, -0.2) is 0 Å². The summed E-state index contributed by atoms with van der Waals surface area (Å²) in [4.78, 5) is 0. The SMILES string of the molecule is Cc1c(C(C)(C)C)cc(O)cc1C(C)(C)C.Cc1c(C(C)(C)C)cc(O)cc1C(C)(C)C.Cc1cc(C(C)(C)C)c(O)c(C(C)(C)C)c1.[La]. The van der Waals surface area contributed by atoms with Crippen LogP contribution >= 0.6 is 0 Å². The Morgan fingerprint density at radius 2 is 0.510 bits per heavy atom. The van der Waals surface area contributed by atoms with Gasteiger partial charge < -0.3 is 15.3 Å². The van der Waals surface area contributed by atoms with Crippen LogP contribution in [0.1, 0.15) is 175 Å². The molecule has 0 saturated carbocycles. The molecule has 0 aromatic heterocycles. The van der Waals surface area contributed by atoms with Gasteiger partial charge in [-0.05, 0) is 122 Å². The summed E-state index contributed by atoms with van der Waals surface area (Å²) < 4.78 is 0. The van der Waals surface area contributed by atoms with Crippen LogP contribution in [0.5, 0.6) is 17.2 Å². The Morgan fingerprint density at radius 3 is 0.673 bits per heavy atom. The van der Waals surface area contributed by atoms with Crippen LogP contribution in [0, 0.1) is 56.4 Å². The third-order valence-electron chi connectivity index (χ3n) is 8.89. The zero-order chi connectivity index (χ0) is 38.2. The van der Waals surface area contributed by atoms with E-state index in [2.05, 4.69) is 158 Å². The summed E-state index contributed by atoms with van der Waals surface area (Å²) in [6, 6.07) is 11.7. The minimum atomic E-state index is -0.0178. The number of hydrogen-bond acceptors (Lipinski definition) is 3. The Hall–Kier alpha value is -1.75. The van der Waals surface area contributed by atoms with E-state index in [1.54, 1.807) is 0 Å². The van der Waals surface area contributed by atoms with Crippen LogP contribution < -0.4 is 0 Å². The Bertz CT molecular complexity index is 1260. The topological polar surface area (TPSA) is 60.7 Å². The van der Waals surface area contributed by atoms with Gasteiger partial charge in [0, 0.05) is 35.6 Å². The Morgan fingerprint density at radius 1 is 0.327 bits per heavy atom. The predicted molar refractivity (Wildman–Crippen MR) is 211 cm³/mol. The first-order valence-corrected chi connectivity index (χ1v) is 17.6. The summed E-state index contributed by atoms with van der Waals surface area (Å²) in [5, 5.41) is 30.1. The third-order valence-corrected chi connectivity index (χ3v) is 8.89. The van der Waals surface area contributed by atoms with Crippen molar-refractivity contribution in [3.8, 4) is 17.2 Å². The van der Waals surface area contributed by atoms with Crippen molar-refractivity contribution in [2.24, 2.45) is 0 Å². The second kappa shape index (κ2) is 16.3. The minimum Gasteiger partial charge on any atom is -0.508 e. The van der Waals surface area contributed by atoms with Crippen molar-refractivity contribution >= 4 is 0 Å². The molecule has 0 aliphatic rings. The van der Waals surface area contributed by atoms with E-state index in [0.717, 1.165) is 11.1 Å². The second-order valence-corrected chi connectivity index (χ2v) is 20.0. The van der Waals surface area contributed by atoms with Gasteiger partial charge in [-0.1, -0.05) is 142 Å². The quantitative estimate of drug-likeness (QED) is 0.212. The van der Waals surface area contributed by atoms with Gasteiger partial charge >= 0.3 is 0 Å². The van der Waals surface area contributed by atoms with Gasteiger partial charge in [0.15, 0.2) is 0 Å². The number of hydrogen-bond donors (Lipinski definition) is 3. The summed E-state index contributed by atoms with van der Waals surface area (Å²) in [7, 11) is 0. The minimum absolute atomic E-state index is 0. The van der Waals surface area contributed by atoms with Gasteiger partial charge in [-0.2, -0.15) is 0 Å². The average Bonchev–Trinajstić information content (AvgIpc) is 2.84. The van der Waals surface area contributed by atoms with Crippen LogP contribution in [0.2, 0.25) is 0 Å². The van der Waals surface area contributed by atoms with Crippen molar-refractivity contribution in [1.82, 2.24) is 0 Å². The van der Waals surface area contributed by atoms with Crippen LogP contribution in [0.15, 0.2) is 36.4 Å². The molecule has 3 rings (SSSR count). The van der Waals surface area contributed by atoms with Crippen LogP contribution in [-0.2, 0) is 32.5 Å². The first kappa shape index (κ1) is 47.3. The summed E-state index contributed by atoms with van der Waals surface area (Å²) >= 11 is 0. The van der Waals surface area contributed by atoms with Crippen LogP contribution in [0.3, 0.4) is 0 Å². The Labute approximate surface area is 330 Å². The molecule has 0 atom stereocenters. The zero-order valence-corrected chi connectivity index (χ0v) is 39.0. The largest absolute Gasteiger partial charge is 0.508 e. The molecule has 0 fully saturated rings. The second-order valence-electron chi connectivity index (χ2n) is 20.0. The Kier molecular flexibility index (Phi) is 15.7. The summed E-state index contributed by atoms with van der Waals surface area (Å²) in [5.74, 6) is 1.21. The number of phenolic OH excluding ortho intramolecular Hbond substituents is 3. The van der Waals surface area contributed by atoms with Crippen molar-refractivity contribution in [3.63, 3.8) is 0 Å². The van der Waals surface area contributed by atoms with Crippen molar-refractivity contribution in [2.45, 2.75) is 178 Å². The van der Waals surface area contributed by atoms with Crippen molar-refractivity contribution in [3.05, 3.63) is 86.5 Å². The van der Waals surface area contributed by atoms with Crippen LogP contribution in [0.25, 0.3) is 0 Å². The van der Waals surface area contributed by atoms with Gasteiger partial charge in [-0.15, -0.1) is 0 Å². The zero-order valence-electron chi connectivity index (χ0n) is 35.4. The Balaban J connectivity index is 0.000000698. The molecular weight excluding hydrogens is 727 g/mol. The molecule has 3 aromatic carbocycles. The fourth-order valence-corrected chi connectivity index (χ4v) is 6.44. The first-order valence-electron chi connectivity index (χ1n) is 17.6. The average molecular weight is 800 g/mol. The maximum Gasteiger partial charge on any atom is 0.123 e. The number of phenols is 3. The monoisotopic (exact) mass is 799 g/mol. The molecule has 0 aliphatic heterocycles. The molecule has 0 saturated heterocycles. The summed E-state index contributed by atoms with van der Waals surface area (Å²) in [6.45, 7) is 45.4. The molecule has 0 unspecified atom stereocenters. The molecule has 1 radical (unpaired) electrons. The van der Waals surface area contributed by atoms with E-state index in [1.165, 1.54) is 38.9 Å². The number of benzene rings is 3. The predicted octanol–water partition coefficient (Wildman–Crippen LogP) is 12.9. The summed E-state index contributed by atoms with van der Waals surface area (Å²) in [6.07, 6.45) is 0.